The van der Waals surface area contributed by atoms with Gasteiger partial charge in [0.1, 0.15) is 0 Å². The van der Waals surface area contributed by atoms with Crippen LogP contribution in [0.15, 0.2) is 0 Å². The molecule has 0 saturated carbocycles. The molecule has 1 nitrogen and oxygen atoms in total. The first-order valence-electron chi connectivity index (χ1n) is 4.07. The Bertz CT molecular complexity index is 65.7. The van der Waals surface area contributed by atoms with Gasteiger partial charge in [-0.15, -0.1) is 0 Å². The second-order valence-corrected chi connectivity index (χ2v) is 4.16. The highest BCUT2D eigenvalue weighted by Crippen LogP contribution is 2.12. The number of rotatable bonds is 5. The first-order chi connectivity index (χ1) is 4.72. The molecule has 0 aliphatic heterocycles. The van der Waals surface area contributed by atoms with Crippen molar-refractivity contribution in [2.24, 2.45) is 0 Å². The highest BCUT2D eigenvalue weighted by molar-refractivity contribution is 7.99. The summed E-state index contributed by atoms with van der Waals surface area (Å²) in [5.41, 5.74) is 0. The molecule has 0 saturated heterocycles. The fraction of sp³-hybridized carbons (Fsp3) is 1.00. The van der Waals surface area contributed by atoms with Crippen molar-refractivity contribution in [3.8, 4) is 0 Å². The van der Waals surface area contributed by atoms with E-state index >= 15 is 0 Å². The standard InChI is InChI=1S/C8H19NS/c1-5-9-7(3)8(4)10-6-2/h7-9H,5-6H2,1-4H3. The molecule has 2 atom stereocenters. The maximum atomic E-state index is 3.41. The maximum Gasteiger partial charge on any atom is 0.0170 e. The summed E-state index contributed by atoms with van der Waals surface area (Å²) in [6.45, 7) is 9.97. The van der Waals surface area contributed by atoms with Crippen molar-refractivity contribution in [1.29, 1.82) is 0 Å². The minimum absolute atomic E-state index is 0.648. The van der Waals surface area contributed by atoms with Crippen LogP contribution >= 0.6 is 11.8 Å². The van der Waals surface area contributed by atoms with Gasteiger partial charge in [0.25, 0.3) is 0 Å². The summed E-state index contributed by atoms with van der Waals surface area (Å²) in [5, 5.41) is 4.15. The van der Waals surface area contributed by atoms with Gasteiger partial charge >= 0.3 is 0 Å². The van der Waals surface area contributed by atoms with E-state index in [1.54, 1.807) is 0 Å². The second kappa shape index (κ2) is 6.05. The molecule has 0 bridgehead atoms. The van der Waals surface area contributed by atoms with Crippen LogP contribution in [0.25, 0.3) is 0 Å². The molecule has 10 heavy (non-hydrogen) atoms. The largest absolute Gasteiger partial charge is 0.313 e. The zero-order valence-corrected chi connectivity index (χ0v) is 8.29. The van der Waals surface area contributed by atoms with E-state index in [2.05, 4.69) is 33.0 Å². The lowest BCUT2D eigenvalue weighted by Gasteiger charge is -2.19. The molecule has 0 rings (SSSR count). The van der Waals surface area contributed by atoms with Gasteiger partial charge in [0, 0.05) is 11.3 Å². The van der Waals surface area contributed by atoms with Gasteiger partial charge in [-0.05, 0) is 19.2 Å². The third-order valence-electron chi connectivity index (χ3n) is 1.66. The topological polar surface area (TPSA) is 12.0 Å². The van der Waals surface area contributed by atoms with E-state index in [0.29, 0.717) is 6.04 Å². The quantitative estimate of drug-likeness (QED) is 0.663. The van der Waals surface area contributed by atoms with Crippen LogP contribution in [0.4, 0.5) is 0 Å². The molecular formula is C8H19NS. The van der Waals surface area contributed by atoms with E-state index in [-0.39, 0.29) is 0 Å². The van der Waals surface area contributed by atoms with Gasteiger partial charge in [0.05, 0.1) is 0 Å². The van der Waals surface area contributed by atoms with E-state index in [1.807, 2.05) is 11.8 Å². The molecule has 2 unspecified atom stereocenters. The van der Waals surface area contributed by atoms with Crippen molar-refractivity contribution in [2.45, 2.75) is 39.0 Å². The van der Waals surface area contributed by atoms with Crippen molar-refractivity contribution >= 4 is 11.8 Å². The normalized spacial score (nSPS) is 16.8. The van der Waals surface area contributed by atoms with Gasteiger partial charge in [-0.1, -0.05) is 20.8 Å². The van der Waals surface area contributed by atoms with Gasteiger partial charge in [-0.3, -0.25) is 0 Å². The molecule has 0 aromatic heterocycles. The van der Waals surface area contributed by atoms with Crippen LogP contribution in [0.5, 0.6) is 0 Å². The summed E-state index contributed by atoms with van der Waals surface area (Å²) in [7, 11) is 0. The van der Waals surface area contributed by atoms with Gasteiger partial charge in [0.15, 0.2) is 0 Å². The number of hydrogen-bond donors (Lipinski definition) is 1. The minimum atomic E-state index is 0.648. The molecule has 0 spiro atoms. The smallest absolute Gasteiger partial charge is 0.0170 e. The van der Waals surface area contributed by atoms with Crippen molar-refractivity contribution in [1.82, 2.24) is 5.32 Å². The summed E-state index contributed by atoms with van der Waals surface area (Å²) in [6, 6.07) is 0.648. The van der Waals surface area contributed by atoms with Crippen LogP contribution in [0.3, 0.4) is 0 Å². The summed E-state index contributed by atoms with van der Waals surface area (Å²) >= 11 is 2.02. The van der Waals surface area contributed by atoms with E-state index < -0.39 is 0 Å². The van der Waals surface area contributed by atoms with Crippen LogP contribution in [0, 0.1) is 0 Å². The predicted octanol–water partition coefficient (Wildman–Crippen LogP) is 2.13. The zero-order chi connectivity index (χ0) is 7.98. The fourth-order valence-corrected chi connectivity index (χ4v) is 1.81. The van der Waals surface area contributed by atoms with Gasteiger partial charge in [0.2, 0.25) is 0 Å². The Kier molecular flexibility index (Phi) is 6.24. The van der Waals surface area contributed by atoms with E-state index in [0.717, 1.165) is 11.8 Å². The molecule has 0 fully saturated rings. The summed E-state index contributed by atoms with van der Waals surface area (Å²) in [5.74, 6) is 1.22. The third kappa shape index (κ3) is 4.18. The summed E-state index contributed by atoms with van der Waals surface area (Å²) in [6.07, 6.45) is 0. The van der Waals surface area contributed by atoms with Crippen LogP contribution in [0.2, 0.25) is 0 Å². The van der Waals surface area contributed by atoms with Crippen LogP contribution < -0.4 is 5.32 Å². The Labute approximate surface area is 69.0 Å². The SMILES string of the molecule is CCNC(C)C(C)SCC. The average molecular weight is 161 g/mol. The molecule has 0 aromatic rings. The van der Waals surface area contributed by atoms with Crippen LogP contribution in [0.1, 0.15) is 27.7 Å². The van der Waals surface area contributed by atoms with Gasteiger partial charge in [-0.25, -0.2) is 0 Å². The molecule has 0 aliphatic rings. The molecular weight excluding hydrogens is 142 g/mol. The Morgan fingerprint density at radius 1 is 1.30 bits per heavy atom. The first-order valence-corrected chi connectivity index (χ1v) is 5.12. The Balaban J connectivity index is 3.38. The molecule has 0 aromatic carbocycles. The zero-order valence-electron chi connectivity index (χ0n) is 7.48. The first kappa shape index (κ1) is 10.3. The monoisotopic (exact) mass is 161 g/mol. The molecule has 2 heteroatoms. The predicted molar refractivity (Wildman–Crippen MR) is 50.7 cm³/mol. The Hall–Kier alpha value is 0.310. The lowest BCUT2D eigenvalue weighted by atomic mass is 10.2. The molecule has 62 valence electrons. The Morgan fingerprint density at radius 3 is 2.30 bits per heavy atom. The summed E-state index contributed by atoms with van der Waals surface area (Å²) < 4.78 is 0. The lowest BCUT2D eigenvalue weighted by molar-refractivity contribution is 0.563. The molecule has 1 N–H and O–H groups in total. The number of nitrogens with one attached hydrogen (secondary N) is 1. The maximum absolute atomic E-state index is 3.41. The molecule has 0 radical (unpaired) electrons. The minimum Gasteiger partial charge on any atom is -0.313 e. The highest BCUT2D eigenvalue weighted by atomic mass is 32.2. The number of thioether (sulfide) groups is 1. The van der Waals surface area contributed by atoms with E-state index in [1.165, 1.54) is 5.75 Å². The second-order valence-electron chi connectivity index (χ2n) is 2.51. The average Bonchev–Trinajstić information content (AvgIpc) is 1.89. The lowest BCUT2D eigenvalue weighted by Crippen LogP contribution is -2.33. The van der Waals surface area contributed by atoms with Crippen molar-refractivity contribution < 1.29 is 0 Å². The Morgan fingerprint density at radius 2 is 1.90 bits per heavy atom. The molecule has 0 amide bonds. The highest BCUT2D eigenvalue weighted by Gasteiger charge is 2.08. The van der Waals surface area contributed by atoms with E-state index in [4.69, 9.17) is 0 Å². The van der Waals surface area contributed by atoms with Gasteiger partial charge < -0.3 is 5.32 Å². The third-order valence-corrected chi connectivity index (χ3v) is 2.93. The van der Waals surface area contributed by atoms with E-state index in [9.17, 15) is 0 Å². The van der Waals surface area contributed by atoms with Crippen LogP contribution in [-0.4, -0.2) is 23.6 Å². The van der Waals surface area contributed by atoms with Crippen molar-refractivity contribution in [3.63, 3.8) is 0 Å². The number of hydrogen-bond acceptors (Lipinski definition) is 2. The van der Waals surface area contributed by atoms with Crippen molar-refractivity contribution in [3.05, 3.63) is 0 Å². The summed E-state index contributed by atoms with van der Waals surface area (Å²) in [4.78, 5) is 0. The van der Waals surface area contributed by atoms with Crippen molar-refractivity contribution in [2.75, 3.05) is 12.3 Å². The van der Waals surface area contributed by atoms with Gasteiger partial charge in [-0.2, -0.15) is 11.8 Å². The molecule has 0 aliphatic carbocycles. The van der Waals surface area contributed by atoms with Crippen LogP contribution in [-0.2, 0) is 0 Å². The molecule has 0 heterocycles. The fourth-order valence-electron chi connectivity index (χ4n) is 0.895.